The smallest absolute Gasteiger partial charge is 0.183 e. The van der Waals surface area contributed by atoms with Crippen LogP contribution in [0.2, 0.25) is 0 Å². The lowest BCUT2D eigenvalue weighted by Gasteiger charge is -2.37. The van der Waals surface area contributed by atoms with Crippen molar-refractivity contribution in [3.8, 4) is 0 Å². The molecule has 1 aromatic rings. The lowest BCUT2D eigenvalue weighted by molar-refractivity contribution is 0.0626. The van der Waals surface area contributed by atoms with Crippen molar-refractivity contribution < 1.29 is 4.79 Å². The van der Waals surface area contributed by atoms with E-state index in [2.05, 4.69) is 36.9 Å². The summed E-state index contributed by atoms with van der Waals surface area (Å²) >= 11 is 0. The molecule has 0 aromatic heterocycles. The molecule has 0 spiro atoms. The minimum atomic E-state index is -0.184. The van der Waals surface area contributed by atoms with Gasteiger partial charge in [0.1, 0.15) is 0 Å². The fourth-order valence-corrected chi connectivity index (χ4v) is 4.17. The predicted molar refractivity (Wildman–Crippen MR) is 82.3 cm³/mol. The van der Waals surface area contributed by atoms with E-state index < -0.39 is 0 Å². The number of hydrogen-bond acceptors (Lipinski definition) is 2. The van der Waals surface area contributed by atoms with Gasteiger partial charge in [-0.15, -0.1) is 0 Å². The van der Waals surface area contributed by atoms with Crippen LogP contribution in [0.3, 0.4) is 0 Å². The molecule has 2 fully saturated rings. The predicted octanol–water partition coefficient (Wildman–Crippen LogP) is 3.89. The monoisotopic (exact) mass is 271 g/mol. The Kier molecular flexibility index (Phi) is 3.68. The van der Waals surface area contributed by atoms with Gasteiger partial charge in [0.2, 0.25) is 0 Å². The summed E-state index contributed by atoms with van der Waals surface area (Å²) in [4.78, 5) is 15.7. The van der Waals surface area contributed by atoms with E-state index in [9.17, 15) is 4.79 Å². The number of ketones is 1. The minimum Gasteiger partial charge on any atom is -0.292 e. The molecule has 0 unspecified atom stereocenters. The second kappa shape index (κ2) is 5.33. The van der Waals surface area contributed by atoms with Gasteiger partial charge in [-0.2, -0.15) is 0 Å². The number of hydrogen-bond donors (Lipinski definition) is 0. The van der Waals surface area contributed by atoms with E-state index in [1.165, 1.54) is 36.8 Å². The van der Waals surface area contributed by atoms with Crippen molar-refractivity contribution in [3.63, 3.8) is 0 Å². The third-order valence-corrected chi connectivity index (χ3v) is 5.05. The van der Waals surface area contributed by atoms with E-state index in [-0.39, 0.29) is 5.54 Å². The number of carbonyl (C=O) groups is 1. The summed E-state index contributed by atoms with van der Waals surface area (Å²) in [7, 11) is 0. The van der Waals surface area contributed by atoms with Crippen molar-refractivity contribution in [1.29, 1.82) is 0 Å². The highest BCUT2D eigenvalue weighted by Gasteiger charge is 2.46. The summed E-state index contributed by atoms with van der Waals surface area (Å²) in [6, 6.07) is 6.30. The average Bonchev–Trinajstić information content (AvgIpc) is 3.08. The van der Waals surface area contributed by atoms with Crippen molar-refractivity contribution in [3.05, 3.63) is 34.9 Å². The van der Waals surface area contributed by atoms with E-state index in [4.69, 9.17) is 0 Å². The van der Waals surface area contributed by atoms with Crippen molar-refractivity contribution in [2.75, 3.05) is 13.1 Å². The summed E-state index contributed by atoms with van der Waals surface area (Å²) in [5.74, 6) is 0.378. The maximum atomic E-state index is 13.2. The first-order chi connectivity index (χ1) is 9.62. The molecule has 1 aliphatic heterocycles. The molecule has 1 aliphatic carbocycles. The van der Waals surface area contributed by atoms with Gasteiger partial charge in [0.25, 0.3) is 0 Å². The number of likely N-dealkylation sites (tertiary alicyclic amines) is 1. The Morgan fingerprint density at radius 1 is 0.950 bits per heavy atom. The summed E-state index contributed by atoms with van der Waals surface area (Å²) in [5.41, 5.74) is 3.14. The zero-order valence-corrected chi connectivity index (χ0v) is 12.7. The van der Waals surface area contributed by atoms with Crippen molar-refractivity contribution >= 4 is 5.78 Å². The third kappa shape index (κ3) is 2.31. The normalized spacial score (nSPS) is 22.3. The maximum Gasteiger partial charge on any atom is 0.183 e. The molecule has 0 bridgehead atoms. The number of carbonyl (C=O) groups excluding carboxylic acids is 1. The van der Waals surface area contributed by atoms with E-state index >= 15 is 0 Å². The topological polar surface area (TPSA) is 20.3 Å². The van der Waals surface area contributed by atoms with Crippen molar-refractivity contribution in [2.45, 2.75) is 57.9 Å². The van der Waals surface area contributed by atoms with Crippen LogP contribution in [-0.4, -0.2) is 29.3 Å². The Hall–Kier alpha value is -1.15. The second-order valence-electron chi connectivity index (χ2n) is 6.64. The number of benzene rings is 1. The Morgan fingerprint density at radius 3 is 2.05 bits per heavy atom. The highest BCUT2D eigenvalue weighted by atomic mass is 16.1. The first-order valence-electron chi connectivity index (χ1n) is 8.00. The van der Waals surface area contributed by atoms with E-state index in [1.54, 1.807) is 0 Å². The van der Waals surface area contributed by atoms with Gasteiger partial charge in [-0.05, 0) is 64.8 Å². The molecular weight excluding hydrogens is 246 g/mol. The molecule has 2 heteroatoms. The van der Waals surface area contributed by atoms with Crippen LogP contribution in [0.25, 0.3) is 0 Å². The second-order valence-corrected chi connectivity index (χ2v) is 6.64. The Labute approximate surface area is 122 Å². The van der Waals surface area contributed by atoms with Gasteiger partial charge in [-0.25, -0.2) is 0 Å². The fourth-order valence-electron chi connectivity index (χ4n) is 4.17. The number of rotatable bonds is 3. The first kappa shape index (κ1) is 13.8. The fraction of sp³-hybridized carbons (Fsp3) is 0.611. The van der Waals surface area contributed by atoms with Crippen LogP contribution < -0.4 is 0 Å². The minimum absolute atomic E-state index is 0.184. The van der Waals surface area contributed by atoms with Gasteiger partial charge in [0, 0.05) is 5.56 Å². The van der Waals surface area contributed by atoms with Gasteiger partial charge in [0.15, 0.2) is 5.78 Å². The summed E-state index contributed by atoms with van der Waals surface area (Å²) < 4.78 is 0. The van der Waals surface area contributed by atoms with Crippen LogP contribution >= 0.6 is 0 Å². The molecule has 3 rings (SSSR count). The molecule has 20 heavy (non-hydrogen) atoms. The zero-order chi connectivity index (χ0) is 14.2. The largest absolute Gasteiger partial charge is 0.292 e. The molecule has 0 atom stereocenters. The van der Waals surface area contributed by atoms with E-state index in [0.29, 0.717) is 5.78 Å². The van der Waals surface area contributed by atoms with Gasteiger partial charge in [-0.3, -0.25) is 9.69 Å². The van der Waals surface area contributed by atoms with Crippen LogP contribution in [0.5, 0.6) is 0 Å². The van der Waals surface area contributed by atoms with Gasteiger partial charge >= 0.3 is 0 Å². The molecule has 2 nitrogen and oxygen atoms in total. The van der Waals surface area contributed by atoms with E-state index in [0.717, 1.165) is 31.5 Å². The van der Waals surface area contributed by atoms with Crippen LogP contribution in [0.15, 0.2) is 18.2 Å². The van der Waals surface area contributed by atoms with Crippen LogP contribution in [0.1, 0.15) is 60.0 Å². The molecule has 1 aromatic carbocycles. The molecule has 0 radical (unpaired) electrons. The third-order valence-electron chi connectivity index (χ3n) is 5.05. The first-order valence-corrected chi connectivity index (χ1v) is 8.00. The molecule has 108 valence electrons. The molecule has 2 aliphatic rings. The number of Topliss-reactive ketones (excluding diaryl/α,β-unsaturated/α-hetero) is 1. The van der Waals surface area contributed by atoms with Gasteiger partial charge < -0.3 is 0 Å². The Morgan fingerprint density at radius 2 is 1.50 bits per heavy atom. The van der Waals surface area contributed by atoms with Gasteiger partial charge in [0.05, 0.1) is 5.54 Å². The highest BCUT2D eigenvalue weighted by Crippen LogP contribution is 2.40. The zero-order valence-electron chi connectivity index (χ0n) is 12.7. The quantitative estimate of drug-likeness (QED) is 0.777. The van der Waals surface area contributed by atoms with Crippen LogP contribution in [0.4, 0.5) is 0 Å². The highest BCUT2D eigenvalue weighted by molar-refractivity contribution is 6.03. The van der Waals surface area contributed by atoms with E-state index in [1.807, 2.05) is 0 Å². The molecular formula is C18H25NO. The average molecular weight is 271 g/mol. The Bertz CT molecular complexity index is 488. The molecule has 1 saturated carbocycles. The van der Waals surface area contributed by atoms with Gasteiger partial charge in [-0.1, -0.05) is 30.0 Å². The summed E-state index contributed by atoms with van der Waals surface area (Å²) in [5, 5.41) is 0. The lowest BCUT2D eigenvalue weighted by atomic mass is 9.85. The number of aryl methyl sites for hydroxylation is 2. The summed E-state index contributed by atoms with van der Waals surface area (Å²) in [6.07, 6.45) is 7.02. The van der Waals surface area contributed by atoms with Crippen LogP contribution in [-0.2, 0) is 0 Å². The van der Waals surface area contributed by atoms with Crippen molar-refractivity contribution in [2.24, 2.45) is 0 Å². The molecule has 0 amide bonds. The molecule has 1 saturated heterocycles. The SMILES string of the molecule is Cc1cc(C)cc(C(=O)C2(N3CCCC3)CCCC2)c1. The standard InChI is InChI=1S/C18H25NO/c1-14-11-15(2)13-16(12-14)17(20)18(7-3-4-8-18)19-9-5-6-10-19/h11-13H,3-10H2,1-2H3. The maximum absolute atomic E-state index is 13.2. The summed E-state index contributed by atoms with van der Waals surface area (Å²) in [6.45, 7) is 6.38. The Balaban J connectivity index is 1.96. The lowest BCUT2D eigenvalue weighted by Crippen LogP contribution is -2.51. The van der Waals surface area contributed by atoms with Crippen molar-refractivity contribution in [1.82, 2.24) is 4.90 Å². The molecule has 0 N–H and O–H groups in total. The van der Waals surface area contributed by atoms with Crippen LogP contribution in [0, 0.1) is 13.8 Å². The number of nitrogens with zero attached hydrogens (tertiary/aromatic N) is 1. The molecule has 1 heterocycles.